The molecule has 0 unspecified atom stereocenters. The summed E-state index contributed by atoms with van der Waals surface area (Å²) in [4.78, 5) is 24.3. The fraction of sp³-hybridized carbons (Fsp3) is 0.385. The molecule has 1 amide bonds. The van der Waals surface area contributed by atoms with Gasteiger partial charge in [-0.3, -0.25) is 9.20 Å². The molecule has 0 atom stereocenters. The van der Waals surface area contributed by atoms with Gasteiger partial charge in [-0.25, -0.2) is 4.79 Å². The Labute approximate surface area is 129 Å². The first-order chi connectivity index (χ1) is 9.43. The average molecular weight is 359 g/mol. The lowest BCUT2D eigenvalue weighted by Crippen LogP contribution is -2.20. The molecule has 2 aromatic heterocycles. The van der Waals surface area contributed by atoms with Gasteiger partial charge in [0, 0.05) is 18.1 Å². The molecule has 5 nitrogen and oxygen atoms in total. The number of rotatable bonds is 4. The molecular weight excluding hydrogens is 344 g/mol. The molecule has 1 N–H and O–H groups in total. The Bertz CT molecular complexity index is 660. The third-order valence-electron chi connectivity index (χ3n) is 2.69. The number of nitrogens with zero attached hydrogens (tertiary/aromatic N) is 1. The van der Waals surface area contributed by atoms with Crippen molar-refractivity contribution in [3.8, 4) is 0 Å². The van der Waals surface area contributed by atoms with Crippen LogP contribution in [0.15, 0.2) is 16.0 Å². The minimum absolute atomic E-state index is 0.0726. The molecule has 2 rings (SSSR count). The number of amides is 1. The number of hydrogen-bond donors (Lipinski definition) is 1. The van der Waals surface area contributed by atoms with Crippen molar-refractivity contribution in [2.45, 2.75) is 26.4 Å². The summed E-state index contributed by atoms with van der Waals surface area (Å²) in [5.74, 6) is -0.423. The van der Waals surface area contributed by atoms with Gasteiger partial charge in [-0.05, 0) is 35.8 Å². The van der Waals surface area contributed by atoms with E-state index in [1.165, 1.54) is 11.3 Å². The van der Waals surface area contributed by atoms with Crippen LogP contribution in [-0.4, -0.2) is 29.4 Å². The van der Waals surface area contributed by atoms with Gasteiger partial charge in [-0.2, -0.15) is 0 Å². The highest BCUT2D eigenvalue weighted by Gasteiger charge is 2.20. The molecular formula is C13H15BrN2O3S. The molecule has 108 valence electrons. The summed E-state index contributed by atoms with van der Waals surface area (Å²) in [7, 11) is 1.60. The van der Waals surface area contributed by atoms with Crippen molar-refractivity contribution < 1.29 is 14.3 Å². The van der Waals surface area contributed by atoms with Crippen LogP contribution in [0.5, 0.6) is 0 Å². The van der Waals surface area contributed by atoms with Crippen molar-refractivity contribution in [1.29, 1.82) is 0 Å². The molecule has 20 heavy (non-hydrogen) atoms. The molecule has 0 aliphatic heterocycles. The summed E-state index contributed by atoms with van der Waals surface area (Å²) >= 11 is 4.85. The fourth-order valence-electron chi connectivity index (χ4n) is 1.82. The van der Waals surface area contributed by atoms with Crippen molar-refractivity contribution in [2.75, 3.05) is 7.05 Å². The van der Waals surface area contributed by atoms with E-state index in [4.69, 9.17) is 4.74 Å². The number of thiazole rings is 1. The van der Waals surface area contributed by atoms with Crippen LogP contribution in [0.3, 0.4) is 0 Å². The van der Waals surface area contributed by atoms with Gasteiger partial charge in [0.1, 0.15) is 4.83 Å². The fourth-order valence-corrected chi connectivity index (χ4v) is 3.60. The molecule has 0 fully saturated rings. The minimum atomic E-state index is -0.350. The van der Waals surface area contributed by atoms with Gasteiger partial charge in [0.25, 0.3) is 0 Å². The second-order valence-corrected chi connectivity index (χ2v) is 6.22. The third kappa shape index (κ3) is 2.88. The molecule has 0 aliphatic rings. The topological polar surface area (TPSA) is 59.8 Å². The summed E-state index contributed by atoms with van der Waals surface area (Å²) in [6.45, 7) is 3.62. The van der Waals surface area contributed by atoms with E-state index in [9.17, 15) is 9.59 Å². The molecule has 0 aliphatic carbocycles. The second kappa shape index (κ2) is 5.97. The van der Waals surface area contributed by atoms with Gasteiger partial charge >= 0.3 is 5.97 Å². The van der Waals surface area contributed by atoms with Crippen LogP contribution in [0.4, 0.5) is 0 Å². The monoisotopic (exact) mass is 358 g/mol. The number of fused-ring (bicyclic) bond motifs is 1. The highest BCUT2D eigenvalue weighted by molar-refractivity contribution is 9.10. The maximum Gasteiger partial charge on any atom is 0.341 e. The Morgan fingerprint density at radius 1 is 1.50 bits per heavy atom. The van der Waals surface area contributed by atoms with Crippen molar-refractivity contribution in [3.63, 3.8) is 0 Å². The zero-order valence-corrected chi connectivity index (χ0v) is 13.8. The first-order valence-electron chi connectivity index (χ1n) is 6.13. The van der Waals surface area contributed by atoms with Crippen LogP contribution in [0.1, 0.15) is 29.9 Å². The van der Waals surface area contributed by atoms with E-state index in [1.54, 1.807) is 13.1 Å². The van der Waals surface area contributed by atoms with Gasteiger partial charge < -0.3 is 10.1 Å². The van der Waals surface area contributed by atoms with Crippen LogP contribution < -0.4 is 5.32 Å². The van der Waals surface area contributed by atoms with Crippen LogP contribution in [0.2, 0.25) is 0 Å². The summed E-state index contributed by atoms with van der Waals surface area (Å²) in [6, 6.07) is 1.73. The van der Waals surface area contributed by atoms with Gasteiger partial charge in [-0.15, -0.1) is 11.3 Å². The Morgan fingerprint density at radius 3 is 2.80 bits per heavy atom. The number of nitrogens with one attached hydrogen (secondary N) is 1. The molecule has 0 saturated heterocycles. The SMILES string of the molecule is CNC(=O)Cc1csc2c(C(=O)OC(C)C)cc(Br)n12. The summed E-state index contributed by atoms with van der Waals surface area (Å²) < 4.78 is 7.82. The molecule has 0 bridgehead atoms. The number of ether oxygens (including phenoxy) is 1. The van der Waals surface area contributed by atoms with Gasteiger partial charge in [-0.1, -0.05) is 0 Å². The number of likely N-dealkylation sites (N-methyl/N-ethyl adjacent to an activating group) is 1. The molecule has 0 aromatic carbocycles. The van der Waals surface area contributed by atoms with Crippen molar-refractivity contribution in [1.82, 2.24) is 9.72 Å². The number of aromatic nitrogens is 1. The largest absolute Gasteiger partial charge is 0.459 e. The van der Waals surface area contributed by atoms with E-state index in [2.05, 4.69) is 21.2 Å². The highest BCUT2D eigenvalue weighted by Crippen LogP contribution is 2.29. The Hall–Kier alpha value is -1.34. The van der Waals surface area contributed by atoms with E-state index >= 15 is 0 Å². The predicted molar refractivity (Wildman–Crippen MR) is 81.3 cm³/mol. The first kappa shape index (κ1) is 15.1. The molecule has 2 heterocycles. The van der Waals surface area contributed by atoms with Crippen molar-refractivity contribution >= 4 is 44.0 Å². The van der Waals surface area contributed by atoms with E-state index in [0.29, 0.717) is 5.56 Å². The summed E-state index contributed by atoms with van der Waals surface area (Å²) in [5, 5.41) is 4.46. The number of halogens is 1. The standard InChI is InChI=1S/C13H15BrN2O3S/c1-7(2)19-13(18)9-5-10(14)16-8(4-11(17)15-3)6-20-12(9)16/h5-7H,4H2,1-3H3,(H,15,17). The second-order valence-electron chi connectivity index (χ2n) is 4.55. The maximum absolute atomic E-state index is 12.0. The smallest absolute Gasteiger partial charge is 0.341 e. The van der Waals surface area contributed by atoms with Crippen molar-refractivity contribution in [2.24, 2.45) is 0 Å². The third-order valence-corrected chi connectivity index (χ3v) is 4.29. The summed E-state index contributed by atoms with van der Waals surface area (Å²) in [6.07, 6.45) is 0.101. The Morgan fingerprint density at radius 2 is 2.20 bits per heavy atom. The zero-order chi connectivity index (χ0) is 14.9. The van der Waals surface area contributed by atoms with Gasteiger partial charge in [0.15, 0.2) is 0 Å². The molecule has 2 aromatic rings. The summed E-state index contributed by atoms with van der Waals surface area (Å²) in [5.41, 5.74) is 1.35. The lowest BCUT2D eigenvalue weighted by Gasteiger charge is -2.05. The maximum atomic E-state index is 12.0. The van der Waals surface area contributed by atoms with Crippen LogP contribution in [0, 0.1) is 0 Å². The van der Waals surface area contributed by atoms with Crippen molar-refractivity contribution in [3.05, 3.63) is 27.3 Å². The predicted octanol–water partition coefficient (Wildman–Crippen LogP) is 2.62. The lowest BCUT2D eigenvalue weighted by molar-refractivity contribution is -0.120. The normalized spacial score (nSPS) is 11.1. The van der Waals surface area contributed by atoms with E-state index in [-0.39, 0.29) is 24.4 Å². The van der Waals surface area contributed by atoms with Gasteiger partial charge in [0.2, 0.25) is 5.91 Å². The molecule has 0 saturated carbocycles. The lowest BCUT2D eigenvalue weighted by atomic mass is 10.3. The minimum Gasteiger partial charge on any atom is -0.459 e. The molecule has 7 heteroatoms. The number of carbonyl (C=O) groups is 2. The molecule has 0 radical (unpaired) electrons. The van der Waals surface area contributed by atoms with Crippen LogP contribution in [0.25, 0.3) is 4.83 Å². The highest BCUT2D eigenvalue weighted by atomic mass is 79.9. The van der Waals surface area contributed by atoms with Crippen LogP contribution >= 0.6 is 27.3 Å². The Balaban J connectivity index is 2.41. The van der Waals surface area contributed by atoms with Crippen LogP contribution in [-0.2, 0) is 16.0 Å². The van der Waals surface area contributed by atoms with E-state index in [0.717, 1.165) is 15.1 Å². The quantitative estimate of drug-likeness (QED) is 0.854. The van der Waals surface area contributed by atoms with E-state index in [1.807, 2.05) is 23.6 Å². The first-order valence-corrected chi connectivity index (χ1v) is 7.80. The molecule has 0 spiro atoms. The van der Waals surface area contributed by atoms with E-state index < -0.39 is 0 Å². The number of esters is 1. The average Bonchev–Trinajstić information content (AvgIpc) is 2.91. The zero-order valence-electron chi connectivity index (χ0n) is 11.4. The van der Waals surface area contributed by atoms with Gasteiger partial charge in [0.05, 0.1) is 22.7 Å². The number of carbonyl (C=O) groups excluding carboxylic acids is 2. The number of hydrogen-bond acceptors (Lipinski definition) is 4. The Kier molecular flexibility index (Phi) is 4.49.